The number of aromatic nitrogens is 5. The molecule has 2 aromatic heterocycles. The fourth-order valence-corrected chi connectivity index (χ4v) is 2.40. The highest BCUT2D eigenvalue weighted by Crippen LogP contribution is 2.39. The number of carboxylic acids is 1. The fraction of sp³-hybridized carbons (Fsp3) is 0.214. The molecule has 1 N–H and O–H groups in total. The highest BCUT2D eigenvalue weighted by molar-refractivity contribution is 5.92. The van der Waals surface area contributed by atoms with Crippen LogP contribution in [0.1, 0.15) is 29.4 Å². The van der Waals surface area contributed by atoms with E-state index in [9.17, 15) is 4.79 Å². The van der Waals surface area contributed by atoms with Gasteiger partial charge in [0.2, 0.25) is 0 Å². The summed E-state index contributed by atoms with van der Waals surface area (Å²) < 4.78 is 1.89. The predicted octanol–water partition coefficient (Wildman–Crippen LogP) is 2.20. The van der Waals surface area contributed by atoms with E-state index in [2.05, 4.69) is 20.1 Å². The van der Waals surface area contributed by atoms with Crippen molar-refractivity contribution in [1.82, 2.24) is 24.8 Å². The van der Waals surface area contributed by atoms with Crippen molar-refractivity contribution in [3.63, 3.8) is 0 Å². The summed E-state index contributed by atoms with van der Waals surface area (Å²) in [7, 11) is 0. The molecular weight excluding hydrogens is 284 g/mol. The summed E-state index contributed by atoms with van der Waals surface area (Å²) in [6.07, 6.45) is 3.35. The Morgan fingerprint density at radius 1 is 1.36 bits per heavy atom. The quantitative estimate of drug-likeness (QED) is 0.748. The van der Waals surface area contributed by atoms with Crippen molar-refractivity contribution in [3.8, 4) is 5.69 Å². The normalized spacial score (nSPS) is 14.1. The summed E-state index contributed by atoms with van der Waals surface area (Å²) in [5.41, 5.74) is 1.38. The Bertz CT molecular complexity index is 944. The minimum Gasteiger partial charge on any atom is -0.476 e. The molecule has 3 aromatic rings. The van der Waals surface area contributed by atoms with Gasteiger partial charge in [0.1, 0.15) is 0 Å². The Morgan fingerprint density at radius 2 is 2.18 bits per heavy atom. The zero-order valence-corrected chi connectivity index (χ0v) is 11.3. The molecule has 0 radical (unpaired) electrons. The number of rotatable bonds is 3. The molecule has 1 aromatic carbocycles. The maximum atomic E-state index is 10.9. The molecule has 22 heavy (non-hydrogen) atoms. The Labute approximate surface area is 124 Å². The molecule has 0 bridgehead atoms. The number of benzene rings is 1. The van der Waals surface area contributed by atoms with Crippen LogP contribution >= 0.6 is 0 Å². The lowest BCUT2D eigenvalue weighted by Crippen LogP contribution is -2.02. The van der Waals surface area contributed by atoms with Crippen molar-refractivity contribution in [2.75, 3.05) is 0 Å². The summed E-state index contributed by atoms with van der Waals surface area (Å²) in [4.78, 5) is 15.6. The van der Waals surface area contributed by atoms with Crippen LogP contribution in [0.4, 0.5) is 5.82 Å². The molecule has 8 heteroatoms. The molecule has 4 rings (SSSR count). The minimum atomic E-state index is -1.13. The lowest BCUT2D eigenvalue weighted by Gasteiger charge is -2.01. The van der Waals surface area contributed by atoms with Crippen LogP contribution in [0.5, 0.6) is 0 Å². The van der Waals surface area contributed by atoms with Gasteiger partial charge in [-0.15, -0.1) is 5.10 Å². The van der Waals surface area contributed by atoms with Crippen LogP contribution in [0.2, 0.25) is 0 Å². The van der Waals surface area contributed by atoms with Gasteiger partial charge in [-0.1, -0.05) is 6.57 Å². The van der Waals surface area contributed by atoms with E-state index < -0.39 is 5.97 Å². The summed E-state index contributed by atoms with van der Waals surface area (Å²) in [6.45, 7) is 7.27. The number of carboxylic acid groups (broad SMARTS) is 1. The number of aromatic carboxylic acids is 1. The van der Waals surface area contributed by atoms with E-state index in [0.717, 1.165) is 23.7 Å². The van der Waals surface area contributed by atoms with Crippen molar-refractivity contribution in [1.29, 1.82) is 0 Å². The Morgan fingerprint density at radius 3 is 2.82 bits per heavy atom. The molecule has 0 aliphatic heterocycles. The van der Waals surface area contributed by atoms with Crippen LogP contribution in [0.15, 0.2) is 24.4 Å². The zero-order chi connectivity index (χ0) is 15.3. The Kier molecular flexibility index (Phi) is 2.50. The van der Waals surface area contributed by atoms with Gasteiger partial charge in [-0.05, 0) is 36.1 Å². The Hall–Kier alpha value is -3.21. The lowest BCUT2D eigenvalue weighted by atomic mass is 10.2. The molecule has 8 nitrogen and oxygen atoms in total. The Balaban J connectivity index is 1.86. The van der Waals surface area contributed by atoms with E-state index in [4.69, 9.17) is 11.7 Å². The SMILES string of the molecule is [C-]#[N+]c1nn(C2CC2)c2ccc(-n3ncc(C(=O)O)n3)cc12. The number of hydrogen-bond donors (Lipinski definition) is 1. The number of nitrogens with zero attached hydrogens (tertiary/aromatic N) is 6. The fourth-order valence-electron chi connectivity index (χ4n) is 2.40. The highest BCUT2D eigenvalue weighted by Gasteiger charge is 2.29. The average molecular weight is 294 g/mol. The number of carbonyl (C=O) groups is 1. The molecule has 0 unspecified atom stereocenters. The van der Waals surface area contributed by atoms with E-state index in [-0.39, 0.29) is 5.69 Å². The second-order valence-corrected chi connectivity index (χ2v) is 5.14. The van der Waals surface area contributed by atoms with Crippen LogP contribution in [-0.4, -0.2) is 35.9 Å². The molecule has 108 valence electrons. The van der Waals surface area contributed by atoms with Crippen molar-refractivity contribution in [2.45, 2.75) is 18.9 Å². The highest BCUT2D eigenvalue weighted by atomic mass is 16.4. The third-order valence-electron chi connectivity index (χ3n) is 3.61. The van der Waals surface area contributed by atoms with E-state index in [1.165, 1.54) is 11.0 Å². The van der Waals surface area contributed by atoms with Gasteiger partial charge >= 0.3 is 11.8 Å². The van der Waals surface area contributed by atoms with Crippen molar-refractivity contribution < 1.29 is 9.90 Å². The largest absolute Gasteiger partial charge is 0.476 e. The van der Waals surface area contributed by atoms with Gasteiger partial charge < -0.3 is 9.95 Å². The molecule has 0 spiro atoms. The van der Waals surface area contributed by atoms with Crippen molar-refractivity contribution >= 4 is 22.7 Å². The van der Waals surface area contributed by atoms with E-state index in [1.807, 2.05) is 10.7 Å². The maximum absolute atomic E-state index is 10.9. The first-order valence-electron chi connectivity index (χ1n) is 6.73. The van der Waals surface area contributed by atoms with Crippen LogP contribution in [0, 0.1) is 6.57 Å². The number of hydrogen-bond acceptors (Lipinski definition) is 4. The van der Waals surface area contributed by atoms with Gasteiger partial charge in [0.05, 0.1) is 23.4 Å². The summed E-state index contributed by atoms with van der Waals surface area (Å²) >= 11 is 0. The van der Waals surface area contributed by atoms with E-state index in [1.54, 1.807) is 12.1 Å². The van der Waals surface area contributed by atoms with Gasteiger partial charge in [-0.3, -0.25) is 0 Å². The second kappa shape index (κ2) is 4.39. The molecule has 1 saturated carbocycles. The van der Waals surface area contributed by atoms with E-state index in [0.29, 0.717) is 17.5 Å². The molecule has 1 aliphatic rings. The van der Waals surface area contributed by atoms with Crippen LogP contribution in [0.3, 0.4) is 0 Å². The number of fused-ring (bicyclic) bond motifs is 1. The summed E-state index contributed by atoms with van der Waals surface area (Å²) in [5.74, 6) is -0.787. The first kappa shape index (κ1) is 12.5. The minimum absolute atomic E-state index is 0.126. The average Bonchev–Trinajstić information content (AvgIpc) is 3.12. The van der Waals surface area contributed by atoms with E-state index >= 15 is 0 Å². The van der Waals surface area contributed by atoms with Gasteiger partial charge in [0.25, 0.3) is 0 Å². The molecule has 0 saturated heterocycles. The molecule has 0 amide bonds. The second-order valence-electron chi connectivity index (χ2n) is 5.14. The molecular formula is C14H10N6O2. The maximum Gasteiger partial charge on any atom is 0.358 e. The van der Waals surface area contributed by atoms with Gasteiger partial charge in [-0.2, -0.15) is 14.6 Å². The van der Waals surface area contributed by atoms with Crippen molar-refractivity contribution in [3.05, 3.63) is 41.5 Å². The summed E-state index contributed by atoms with van der Waals surface area (Å²) in [5, 5.41) is 21.8. The standard InChI is InChI=1S/C14H10N6O2/c1-15-13-10-6-9(20-16-7-11(17-20)14(21)22)4-5-12(10)19(18-13)8-2-3-8/h4-8H,2-3H2,(H,21,22). The van der Waals surface area contributed by atoms with Crippen LogP contribution < -0.4 is 0 Å². The molecule has 1 fully saturated rings. The monoisotopic (exact) mass is 294 g/mol. The summed E-state index contributed by atoms with van der Waals surface area (Å²) in [6, 6.07) is 5.81. The van der Waals surface area contributed by atoms with Crippen LogP contribution in [0.25, 0.3) is 21.4 Å². The predicted molar refractivity (Wildman–Crippen MR) is 76.1 cm³/mol. The van der Waals surface area contributed by atoms with Gasteiger partial charge in [-0.25, -0.2) is 4.79 Å². The molecule has 1 aliphatic carbocycles. The van der Waals surface area contributed by atoms with Crippen molar-refractivity contribution in [2.24, 2.45) is 0 Å². The smallest absolute Gasteiger partial charge is 0.358 e. The third-order valence-corrected chi connectivity index (χ3v) is 3.61. The molecule has 2 heterocycles. The van der Waals surface area contributed by atoms with Crippen LogP contribution in [-0.2, 0) is 0 Å². The molecule has 0 atom stereocenters. The first-order valence-corrected chi connectivity index (χ1v) is 6.73. The first-order chi connectivity index (χ1) is 10.7. The van der Waals surface area contributed by atoms with Gasteiger partial charge in [0.15, 0.2) is 5.69 Å². The zero-order valence-electron chi connectivity index (χ0n) is 11.3. The lowest BCUT2D eigenvalue weighted by molar-refractivity contribution is 0.0690. The third kappa shape index (κ3) is 1.83. The topological polar surface area (TPSA) is 90.2 Å². The van der Waals surface area contributed by atoms with Gasteiger partial charge in [0, 0.05) is 5.39 Å².